The maximum Gasteiger partial charge on any atom is 0.255 e. The summed E-state index contributed by atoms with van der Waals surface area (Å²) in [4.78, 5) is 12.6. The van der Waals surface area contributed by atoms with E-state index in [9.17, 15) is 13.2 Å². The minimum atomic E-state index is -3.98. The van der Waals surface area contributed by atoms with Crippen molar-refractivity contribution in [2.45, 2.75) is 24.8 Å². The molecule has 0 bridgehead atoms. The Hall–Kier alpha value is -2.71. The molecule has 0 aliphatic heterocycles. The number of carbonyl (C=O) groups is 1. The van der Waals surface area contributed by atoms with E-state index in [0.29, 0.717) is 15.6 Å². The van der Waals surface area contributed by atoms with Crippen LogP contribution in [0, 0.1) is 0 Å². The van der Waals surface area contributed by atoms with Crippen molar-refractivity contribution in [3.05, 3.63) is 99.5 Å². The molecule has 6 nitrogen and oxygen atoms in total. The van der Waals surface area contributed by atoms with Gasteiger partial charge in [0.05, 0.1) is 17.7 Å². The molecule has 0 saturated heterocycles. The van der Waals surface area contributed by atoms with Crippen LogP contribution in [0.5, 0.6) is 0 Å². The molecule has 33 heavy (non-hydrogen) atoms. The Kier molecular flexibility index (Phi) is 8.63. The molecular weight excluding hydrogens is 481 g/mol. The zero-order chi connectivity index (χ0) is 23.8. The molecule has 9 heteroatoms. The molecule has 0 atom stereocenters. The SMILES string of the molecule is CCc1ccc(/C=N\NC(=O)CN(Cc2ccc(Cl)cc2)S(=O)(=O)c2ccc(Cl)cc2)cc1. The Labute approximate surface area is 203 Å². The Morgan fingerprint density at radius 3 is 2.03 bits per heavy atom. The van der Waals surface area contributed by atoms with Gasteiger partial charge in [0.15, 0.2) is 0 Å². The predicted molar refractivity (Wildman–Crippen MR) is 132 cm³/mol. The molecule has 0 fully saturated rings. The van der Waals surface area contributed by atoms with Crippen LogP contribution in [-0.4, -0.2) is 31.4 Å². The third-order valence-corrected chi connectivity index (χ3v) is 7.14. The van der Waals surface area contributed by atoms with E-state index in [2.05, 4.69) is 17.5 Å². The number of aryl methyl sites for hydroxylation is 1. The lowest BCUT2D eigenvalue weighted by Crippen LogP contribution is -2.39. The average molecular weight is 504 g/mol. The molecule has 0 aliphatic rings. The molecule has 1 N–H and O–H groups in total. The molecular formula is C24H23Cl2N3O3S. The normalized spacial score (nSPS) is 11.8. The second kappa shape index (κ2) is 11.4. The lowest BCUT2D eigenvalue weighted by molar-refractivity contribution is -0.121. The number of hydrogen-bond acceptors (Lipinski definition) is 4. The summed E-state index contributed by atoms with van der Waals surface area (Å²) >= 11 is 11.8. The van der Waals surface area contributed by atoms with E-state index in [1.54, 1.807) is 24.3 Å². The lowest BCUT2D eigenvalue weighted by Gasteiger charge is -2.21. The van der Waals surface area contributed by atoms with Gasteiger partial charge < -0.3 is 0 Å². The summed E-state index contributed by atoms with van der Waals surface area (Å²) in [6, 6.07) is 20.3. The Morgan fingerprint density at radius 1 is 0.909 bits per heavy atom. The minimum Gasteiger partial charge on any atom is -0.272 e. The zero-order valence-electron chi connectivity index (χ0n) is 17.9. The highest BCUT2D eigenvalue weighted by Gasteiger charge is 2.27. The molecule has 0 aliphatic carbocycles. The highest BCUT2D eigenvalue weighted by molar-refractivity contribution is 7.89. The fraction of sp³-hybridized carbons (Fsp3) is 0.167. The van der Waals surface area contributed by atoms with E-state index < -0.39 is 22.5 Å². The van der Waals surface area contributed by atoms with Gasteiger partial charge in [0.2, 0.25) is 10.0 Å². The molecule has 3 aromatic carbocycles. The summed E-state index contributed by atoms with van der Waals surface area (Å²) < 4.78 is 27.6. The first-order valence-electron chi connectivity index (χ1n) is 10.2. The number of halogens is 2. The molecule has 3 aromatic rings. The quantitative estimate of drug-likeness (QED) is 0.333. The monoisotopic (exact) mass is 503 g/mol. The first-order chi connectivity index (χ1) is 15.8. The van der Waals surface area contributed by atoms with Crippen molar-refractivity contribution in [3.8, 4) is 0 Å². The first kappa shape index (κ1) is 24.9. The second-order valence-electron chi connectivity index (χ2n) is 7.24. The molecule has 172 valence electrons. The zero-order valence-corrected chi connectivity index (χ0v) is 20.2. The van der Waals surface area contributed by atoms with Crippen molar-refractivity contribution in [2.24, 2.45) is 5.10 Å². The van der Waals surface area contributed by atoms with Crippen LogP contribution in [0.4, 0.5) is 0 Å². The van der Waals surface area contributed by atoms with Gasteiger partial charge in [-0.3, -0.25) is 4.79 Å². The van der Waals surface area contributed by atoms with Crippen molar-refractivity contribution in [1.29, 1.82) is 0 Å². The van der Waals surface area contributed by atoms with Crippen LogP contribution in [0.1, 0.15) is 23.6 Å². The van der Waals surface area contributed by atoms with E-state index in [-0.39, 0.29) is 11.4 Å². The fourth-order valence-electron chi connectivity index (χ4n) is 2.99. The number of hydrazone groups is 1. The van der Waals surface area contributed by atoms with Crippen LogP contribution >= 0.6 is 23.2 Å². The molecule has 1 amide bonds. The molecule has 0 saturated carbocycles. The van der Waals surface area contributed by atoms with Gasteiger partial charge in [-0.15, -0.1) is 0 Å². The van der Waals surface area contributed by atoms with Gasteiger partial charge in [-0.25, -0.2) is 13.8 Å². The number of hydrogen-bond donors (Lipinski definition) is 1. The van der Waals surface area contributed by atoms with Crippen molar-refractivity contribution >= 4 is 45.3 Å². The van der Waals surface area contributed by atoms with Crippen molar-refractivity contribution in [1.82, 2.24) is 9.73 Å². The topological polar surface area (TPSA) is 78.8 Å². The Balaban J connectivity index is 1.76. The highest BCUT2D eigenvalue weighted by Crippen LogP contribution is 2.21. The minimum absolute atomic E-state index is 0.0161. The van der Waals surface area contributed by atoms with E-state index in [1.807, 2.05) is 24.3 Å². The van der Waals surface area contributed by atoms with Gasteiger partial charge in [-0.2, -0.15) is 9.41 Å². The standard InChI is InChI=1S/C24H23Cl2N3O3S/c1-2-18-3-5-19(6-4-18)15-27-28-24(30)17-29(16-20-7-9-21(25)10-8-20)33(31,32)23-13-11-22(26)12-14-23/h3-15H,2,16-17H2,1H3,(H,28,30)/b27-15-. The molecule has 0 heterocycles. The summed E-state index contributed by atoms with van der Waals surface area (Å²) in [6.07, 6.45) is 2.44. The van der Waals surface area contributed by atoms with Crippen LogP contribution < -0.4 is 5.43 Å². The van der Waals surface area contributed by atoms with Crippen LogP contribution in [0.3, 0.4) is 0 Å². The molecule has 0 radical (unpaired) electrons. The van der Waals surface area contributed by atoms with E-state index in [1.165, 1.54) is 36.0 Å². The number of nitrogens with one attached hydrogen (secondary N) is 1. The fourth-order valence-corrected chi connectivity index (χ4v) is 4.63. The maximum absolute atomic E-state index is 13.2. The van der Waals surface area contributed by atoms with Crippen molar-refractivity contribution in [2.75, 3.05) is 6.54 Å². The van der Waals surface area contributed by atoms with Gasteiger partial charge in [0.1, 0.15) is 0 Å². The average Bonchev–Trinajstić information content (AvgIpc) is 2.81. The number of benzene rings is 3. The van der Waals surface area contributed by atoms with E-state index in [0.717, 1.165) is 16.3 Å². The summed E-state index contributed by atoms with van der Waals surface area (Å²) in [7, 11) is -3.98. The summed E-state index contributed by atoms with van der Waals surface area (Å²) in [5.74, 6) is -0.567. The molecule has 0 spiro atoms. The lowest BCUT2D eigenvalue weighted by atomic mass is 10.1. The van der Waals surface area contributed by atoms with Gasteiger partial charge in [0, 0.05) is 16.6 Å². The number of carbonyl (C=O) groups excluding carboxylic acids is 1. The third kappa shape index (κ3) is 7.14. The Morgan fingerprint density at radius 2 is 1.45 bits per heavy atom. The number of nitrogens with zero attached hydrogens (tertiary/aromatic N) is 2. The first-order valence-corrected chi connectivity index (χ1v) is 12.4. The highest BCUT2D eigenvalue weighted by atomic mass is 35.5. The second-order valence-corrected chi connectivity index (χ2v) is 10.1. The largest absolute Gasteiger partial charge is 0.272 e. The third-order valence-electron chi connectivity index (χ3n) is 4.83. The summed E-state index contributed by atoms with van der Waals surface area (Å²) in [6.45, 7) is 1.63. The van der Waals surface area contributed by atoms with Crippen LogP contribution in [0.25, 0.3) is 0 Å². The summed E-state index contributed by atoms with van der Waals surface area (Å²) in [5.41, 5.74) is 5.10. The molecule has 0 unspecified atom stereocenters. The van der Waals surface area contributed by atoms with Gasteiger partial charge in [-0.1, -0.05) is 66.5 Å². The number of amides is 1. The van der Waals surface area contributed by atoms with Crippen molar-refractivity contribution in [3.63, 3.8) is 0 Å². The van der Waals surface area contributed by atoms with Gasteiger partial charge >= 0.3 is 0 Å². The molecule has 0 aromatic heterocycles. The van der Waals surface area contributed by atoms with Crippen LogP contribution in [0.15, 0.2) is 82.8 Å². The van der Waals surface area contributed by atoms with E-state index >= 15 is 0 Å². The van der Waals surface area contributed by atoms with Gasteiger partial charge in [0.25, 0.3) is 5.91 Å². The summed E-state index contributed by atoms with van der Waals surface area (Å²) in [5, 5.41) is 4.90. The number of sulfonamides is 1. The van der Waals surface area contributed by atoms with E-state index in [4.69, 9.17) is 23.2 Å². The smallest absolute Gasteiger partial charge is 0.255 e. The predicted octanol–water partition coefficient (Wildman–Crippen LogP) is 4.90. The number of rotatable bonds is 9. The molecule has 3 rings (SSSR count). The van der Waals surface area contributed by atoms with Crippen LogP contribution in [-0.2, 0) is 27.8 Å². The van der Waals surface area contributed by atoms with Crippen molar-refractivity contribution < 1.29 is 13.2 Å². The van der Waals surface area contributed by atoms with Gasteiger partial charge in [-0.05, 0) is 59.5 Å². The Bertz CT molecular complexity index is 1210. The maximum atomic E-state index is 13.2. The van der Waals surface area contributed by atoms with Crippen LogP contribution in [0.2, 0.25) is 10.0 Å².